The van der Waals surface area contributed by atoms with Crippen LogP contribution in [0.2, 0.25) is 0 Å². The molecule has 1 aromatic rings. The fourth-order valence-electron chi connectivity index (χ4n) is 1.39. The zero-order valence-corrected chi connectivity index (χ0v) is 11.2. The standard InChI is InChI=1S/C12H14N2O4S/c1-2-18-11-6-4-3-5-10(11)14-12(15)9-19(16,17)8-7-13/h3-6H,2,8-9H2,1H3,(H,14,15). The number of sulfone groups is 1. The zero-order valence-electron chi connectivity index (χ0n) is 10.4. The van der Waals surface area contributed by atoms with Crippen LogP contribution in [0.4, 0.5) is 5.69 Å². The molecule has 0 unspecified atom stereocenters. The van der Waals surface area contributed by atoms with Crippen molar-refractivity contribution in [2.24, 2.45) is 0 Å². The molecule has 0 aliphatic carbocycles. The van der Waals surface area contributed by atoms with Crippen molar-refractivity contribution in [1.29, 1.82) is 5.26 Å². The normalized spacial score (nSPS) is 10.5. The van der Waals surface area contributed by atoms with E-state index in [2.05, 4.69) is 5.32 Å². The fourth-order valence-corrected chi connectivity index (χ4v) is 2.16. The zero-order chi connectivity index (χ0) is 14.3. The van der Waals surface area contributed by atoms with Crippen molar-refractivity contribution in [2.45, 2.75) is 6.92 Å². The van der Waals surface area contributed by atoms with E-state index >= 15 is 0 Å². The highest BCUT2D eigenvalue weighted by Crippen LogP contribution is 2.23. The lowest BCUT2D eigenvalue weighted by atomic mass is 10.3. The van der Waals surface area contributed by atoms with Gasteiger partial charge in [-0.3, -0.25) is 4.79 Å². The molecule has 1 aromatic carbocycles. The second-order valence-corrected chi connectivity index (χ2v) is 5.73. The maximum atomic E-state index is 11.6. The summed E-state index contributed by atoms with van der Waals surface area (Å²) in [5, 5.41) is 10.8. The number of nitrogens with zero attached hydrogens (tertiary/aromatic N) is 1. The van der Waals surface area contributed by atoms with Crippen LogP contribution in [-0.4, -0.2) is 32.4 Å². The second-order valence-electron chi connectivity index (χ2n) is 3.67. The first-order chi connectivity index (χ1) is 8.98. The number of rotatable bonds is 6. The maximum Gasteiger partial charge on any atom is 0.239 e. The number of para-hydroxylation sites is 2. The van der Waals surface area contributed by atoms with E-state index in [0.717, 1.165) is 0 Å². The van der Waals surface area contributed by atoms with Crippen molar-refractivity contribution in [3.8, 4) is 11.8 Å². The number of hydrogen-bond acceptors (Lipinski definition) is 5. The Hall–Kier alpha value is -2.07. The number of hydrogen-bond donors (Lipinski definition) is 1. The summed E-state index contributed by atoms with van der Waals surface area (Å²) >= 11 is 0. The van der Waals surface area contributed by atoms with E-state index in [1.165, 1.54) is 6.07 Å². The van der Waals surface area contributed by atoms with E-state index in [9.17, 15) is 13.2 Å². The SMILES string of the molecule is CCOc1ccccc1NC(=O)CS(=O)(=O)CC#N. The first-order valence-electron chi connectivity index (χ1n) is 5.57. The molecule has 1 rings (SSSR count). The lowest BCUT2D eigenvalue weighted by molar-refractivity contribution is -0.113. The lowest BCUT2D eigenvalue weighted by Gasteiger charge is -2.10. The van der Waals surface area contributed by atoms with E-state index in [4.69, 9.17) is 10.00 Å². The molecule has 0 atom stereocenters. The van der Waals surface area contributed by atoms with Crippen molar-refractivity contribution in [3.05, 3.63) is 24.3 Å². The van der Waals surface area contributed by atoms with Gasteiger partial charge < -0.3 is 10.1 Å². The average molecular weight is 282 g/mol. The molecule has 6 nitrogen and oxygen atoms in total. The van der Waals surface area contributed by atoms with Gasteiger partial charge in [0.1, 0.15) is 17.3 Å². The maximum absolute atomic E-state index is 11.6. The number of benzene rings is 1. The topological polar surface area (TPSA) is 96.3 Å². The molecule has 0 saturated carbocycles. The Labute approximate surface area is 111 Å². The first-order valence-corrected chi connectivity index (χ1v) is 7.39. The van der Waals surface area contributed by atoms with Crippen molar-refractivity contribution in [1.82, 2.24) is 0 Å². The number of ether oxygens (including phenoxy) is 1. The summed E-state index contributed by atoms with van der Waals surface area (Å²) in [5.74, 6) is -1.62. The molecule has 7 heteroatoms. The summed E-state index contributed by atoms with van der Waals surface area (Å²) in [6, 6.07) is 8.24. The molecule has 0 aromatic heterocycles. The third-order valence-corrected chi connectivity index (χ3v) is 3.37. The summed E-state index contributed by atoms with van der Waals surface area (Å²) in [6.07, 6.45) is 0. The molecule has 102 valence electrons. The monoisotopic (exact) mass is 282 g/mol. The minimum atomic E-state index is -3.69. The number of carbonyl (C=O) groups is 1. The lowest BCUT2D eigenvalue weighted by Crippen LogP contribution is -2.24. The highest BCUT2D eigenvalue weighted by atomic mass is 32.2. The Morgan fingerprint density at radius 2 is 2.11 bits per heavy atom. The highest BCUT2D eigenvalue weighted by molar-refractivity contribution is 7.92. The average Bonchev–Trinajstić information content (AvgIpc) is 2.31. The van der Waals surface area contributed by atoms with Gasteiger partial charge in [-0.15, -0.1) is 0 Å². The molecule has 1 N–H and O–H groups in total. The van der Waals surface area contributed by atoms with Crippen LogP contribution >= 0.6 is 0 Å². The van der Waals surface area contributed by atoms with Gasteiger partial charge in [-0.05, 0) is 19.1 Å². The predicted octanol–water partition coefficient (Wildman–Crippen LogP) is 0.962. The Kier molecular flexibility index (Phi) is 5.33. The van der Waals surface area contributed by atoms with Crippen LogP contribution in [0.3, 0.4) is 0 Å². The molecule has 0 bridgehead atoms. The summed E-state index contributed by atoms with van der Waals surface area (Å²) in [5.41, 5.74) is 0.404. The molecule has 0 fully saturated rings. The third-order valence-electron chi connectivity index (χ3n) is 2.10. The van der Waals surface area contributed by atoms with Crippen LogP contribution < -0.4 is 10.1 Å². The second kappa shape index (κ2) is 6.75. The van der Waals surface area contributed by atoms with Crippen LogP contribution in [0.25, 0.3) is 0 Å². The van der Waals surface area contributed by atoms with Crippen LogP contribution in [-0.2, 0) is 14.6 Å². The van der Waals surface area contributed by atoms with Gasteiger partial charge in [-0.2, -0.15) is 5.26 Å². The van der Waals surface area contributed by atoms with Crippen molar-refractivity contribution in [2.75, 3.05) is 23.4 Å². The van der Waals surface area contributed by atoms with Crippen LogP contribution in [0.15, 0.2) is 24.3 Å². The molecule has 0 aliphatic rings. The molecular weight excluding hydrogens is 268 g/mol. The van der Waals surface area contributed by atoms with Crippen molar-refractivity contribution in [3.63, 3.8) is 0 Å². The summed E-state index contributed by atoms with van der Waals surface area (Å²) in [7, 11) is -3.69. The fraction of sp³-hybridized carbons (Fsp3) is 0.333. The molecule has 0 aliphatic heterocycles. The van der Waals surface area contributed by atoms with E-state index in [1.807, 2.05) is 0 Å². The molecule has 0 spiro atoms. The summed E-state index contributed by atoms with van der Waals surface area (Å²) in [4.78, 5) is 11.6. The molecule has 0 saturated heterocycles. The van der Waals surface area contributed by atoms with Gasteiger partial charge in [0.2, 0.25) is 5.91 Å². The number of anilines is 1. The number of nitriles is 1. The van der Waals surface area contributed by atoms with Crippen LogP contribution in [0.1, 0.15) is 6.92 Å². The first kappa shape index (κ1) is 15.0. The number of carbonyl (C=O) groups excluding carboxylic acids is 1. The Morgan fingerprint density at radius 3 is 2.74 bits per heavy atom. The van der Waals surface area contributed by atoms with Gasteiger partial charge in [0.15, 0.2) is 9.84 Å². The number of nitrogens with one attached hydrogen (secondary N) is 1. The van der Waals surface area contributed by atoms with Gasteiger partial charge in [0.25, 0.3) is 0 Å². The summed E-state index contributed by atoms with van der Waals surface area (Å²) in [6.45, 7) is 2.23. The summed E-state index contributed by atoms with van der Waals surface area (Å²) < 4.78 is 28.0. The van der Waals surface area contributed by atoms with E-state index in [-0.39, 0.29) is 0 Å². The van der Waals surface area contributed by atoms with Gasteiger partial charge >= 0.3 is 0 Å². The molecule has 19 heavy (non-hydrogen) atoms. The molecule has 0 heterocycles. The minimum Gasteiger partial charge on any atom is -0.492 e. The highest BCUT2D eigenvalue weighted by Gasteiger charge is 2.17. The predicted molar refractivity (Wildman–Crippen MR) is 70.5 cm³/mol. The molecular formula is C12H14N2O4S. The molecule has 1 amide bonds. The smallest absolute Gasteiger partial charge is 0.239 e. The van der Waals surface area contributed by atoms with E-state index in [1.54, 1.807) is 31.2 Å². The Morgan fingerprint density at radius 1 is 1.42 bits per heavy atom. The van der Waals surface area contributed by atoms with E-state index in [0.29, 0.717) is 18.0 Å². The van der Waals surface area contributed by atoms with Gasteiger partial charge in [0.05, 0.1) is 18.4 Å². The van der Waals surface area contributed by atoms with Gasteiger partial charge in [-0.1, -0.05) is 12.1 Å². The third kappa shape index (κ3) is 4.97. The Bertz CT molecular complexity index is 590. The van der Waals surface area contributed by atoms with E-state index < -0.39 is 27.3 Å². The minimum absolute atomic E-state index is 0.404. The Balaban J connectivity index is 2.75. The van der Waals surface area contributed by atoms with Crippen LogP contribution in [0.5, 0.6) is 5.75 Å². The van der Waals surface area contributed by atoms with Gasteiger partial charge in [-0.25, -0.2) is 8.42 Å². The van der Waals surface area contributed by atoms with Crippen molar-refractivity contribution >= 4 is 21.4 Å². The quantitative estimate of drug-likeness (QED) is 0.838. The van der Waals surface area contributed by atoms with Gasteiger partial charge in [0, 0.05) is 0 Å². The molecule has 0 radical (unpaired) electrons. The van der Waals surface area contributed by atoms with Crippen molar-refractivity contribution < 1.29 is 17.9 Å². The number of amides is 1. The largest absolute Gasteiger partial charge is 0.492 e. The van der Waals surface area contributed by atoms with Crippen LogP contribution in [0, 0.1) is 11.3 Å².